The molecule has 4 nitrogen and oxygen atoms in total. The number of carbonyl (C=O) groups excluding carboxylic acids is 1. The molecule has 0 saturated heterocycles. The Morgan fingerprint density at radius 3 is 2.47 bits per heavy atom. The highest BCUT2D eigenvalue weighted by molar-refractivity contribution is 6.00. The molecule has 1 aromatic carbocycles. The second-order valence-corrected chi connectivity index (χ2v) is 4.40. The van der Waals surface area contributed by atoms with Crippen molar-refractivity contribution in [3.05, 3.63) is 23.8 Å². The van der Waals surface area contributed by atoms with Gasteiger partial charge in [0.2, 0.25) is 0 Å². The van der Waals surface area contributed by atoms with Gasteiger partial charge >= 0.3 is 0 Å². The molecule has 0 spiro atoms. The molecule has 1 rings (SSSR count). The number of nitrogens with zero attached hydrogens (tertiary/aromatic N) is 2. The smallest absolute Gasteiger partial charge is 0.255 e. The van der Waals surface area contributed by atoms with Gasteiger partial charge in [-0.15, -0.1) is 0 Å². The van der Waals surface area contributed by atoms with Crippen molar-refractivity contribution in [3.63, 3.8) is 0 Å². The summed E-state index contributed by atoms with van der Waals surface area (Å²) in [6, 6.07) is 5.43. The summed E-state index contributed by atoms with van der Waals surface area (Å²) in [7, 11) is 5.65. The van der Waals surface area contributed by atoms with Gasteiger partial charge in [-0.1, -0.05) is 6.92 Å². The third-order valence-electron chi connectivity index (χ3n) is 2.64. The van der Waals surface area contributed by atoms with Crippen molar-refractivity contribution < 1.29 is 4.79 Å². The quantitative estimate of drug-likeness (QED) is 0.810. The Kier molecular flexibility index (Phi) is 4.37. The van der Waals surface area contributed by atoms with Gasteiger partial charge in [-0.05, 0) is 24.6 Å². The van der Waals surface area contributed by atoms with Crippen LogP contribution in [0, 0.1) is 0 Å². The fourth-order valence-corrected chi connectivity index (χ4v) is 1.76. The first-order valence-corrected chi connectivity index (χ1v) is 5.79. The van der Waals surface area contributed by atoms with Gasteiger partial charge in [0.25, 0.3) is 5.91 Å². The average molecular weight is 235 g/mol. The summed E-state index contributed by atoms with van der Waals surface area (Å²) in [5.41, 5.74) is 7.92. The van der Waals surface area contributed by atoms with Crippen molar-refractivity contribution in [2.75, 3.05) is 38.3 Å². The van der Waals surface area contributed by atoms with E-state index in [1.165, 1.54) is 0 Å². The fraction of sp³-hybridized carbons (Fsp3) is 0.462. The number of benzene rings is 1. The summed E-state index contributed by atoms with van der Waals surface area (Å²) in [5, 5.41) is 0. The second kappa shape index (κ2) is 5.57. The van der Waals surface area contributed by atoms with Crippen LogP contribution in [0.2, 0.25) is 0 Å². The van der Waals surface area contributed by atoms with Crippen molar-refractivity contribution in [2.45, 2.75) is 13.3 Å². The normalized spacial score (nSPS) is 10.1. The van der Waals surface area contributed by atoms with Crippen LogP contribution in [0.5, 0.6) is 0 Å². The Morgan fingerprint density at radius 2 is 1.94 bits per heavy atom. The standard InChI is InChI=1S/C13H21N3O/c1-5-8-16(4)13(17)11-9-10(14)6-7-12(11)15(2)3/h6-7,9H,5,8,14H2,1-4H3. The largest absolute Gasteiger partial charge is 0.399 e. The third kappa shape index (κ3) is 3.12. The van der Waals surface area contributed by atoms with Gasteiger partial charge in [-0.25, -0.2) is 0 Å². The number of nitrogens with two attached hydrogens (primary N) is 1. The number of rotatable bonds is 4. The van der Waals surface area contributed by atoms with E-state index in [-0.39, 0.29) is 5.91 Å². The maximum atomic E-state index is 12.3. The summed E-state index contributed by atoms with van der Waals surface area (Å²) < 4.78 is 0. The lowest BCUT2D eigenvalue weighted by Crippen LogP contribution is -2.29. The van der Waals surface area contributed by atoms with Gasteiger partial charge in [-0.3, -0.25) is 4.79 Å². The van der Waals surface area contributed by atoms with Crippen LogP contribution in [0.1, 0.15) is 23.7 Å². The molecule has 4 heteroatoms. The Balaban J connectivity index is 3.10. The van der Waals surface area contributed by atoms with Crippen LogP contribution in [0.25, 0.3) is 0 Å². The van der Waals surface area contributed by atoms with E-state index >= 15 is 0 Å². The maximum Gasteiger partial charge on any atom is 0.255 e. The molecule has 0 saturated carbocycles. The molecule has 0 heterocycles. The number of hydrogen-bond acceptors (Lipinski definition) is 3. The van der Waals surface area contributed by atoms with Crippen molar-refractivity contribution >= 4 is 17.3 Å². The van der Waals surface area contributed by atoms with Gasteiger partial charge < -0.3 is 15.5 Å². The van der Waals surface area contributed by atoms with E-state index in [1.54, 1.807) is 11.0 Å². The molecule has 2 N–H and O–H groups in total. The minimum Gasteiger partial charge on any atom is -0.399 e. The van der Waals surface area contributed by atoms with Crippen LogP contribution in [-0.4, -0.2) is 38.5 Å². The first-order chi connectivity index (χ1) is 7.97. The van der Waals surface area contributed by atoms with Crippen molar-refractivity contribution in [1.82, 2.24) is 4.90 Å². The minimum absolute atomic E-state index is 0.0165. The molecule has 0 aliphatic heterocycles. The number of amides is 1. The van der Waals surface area contributed by atoms with Crippen molar-refractivity contribution in [1.29, 1.82) is 0 Å². The van der Waals surface area contributed by atoms with Gasteiger partial charge in [0.1, 0.15) is 0 Å². The lowest BCUT2D eigenvalue weighted by atomic mass is 10.1. The molecule has 0 unspecified atom stereocenters. The zero-order valence-corrected chi connectivity index (χ0v) is 11.0. The molecule has 17 heavy (non-hydrogen) atoms. The lowest BCUT2D eigenvalue weighted by Gasteiger charge is -2.21. The van der Waals surface area contributed by atoms with E-state index in [4.69, 9.17) is 5.73 Å². The van der Waals surface area contributed by atoms with Crippen LogP contribution in [-0.2, 0) is 0 Å². The Bertz CT molecular complexity index is 402. The first-order valence-electron chi connectivity index (χ1n) is 5.79. The molecule has 0 fully saturated rings. The average Bonchev–Trinajstić information content (AvgIpc) is 2.27. The second-order valence-electron chi connectivity index (χ2n) is 4.40. The summed E-state index contributed by atoms with van der Waals surface area (Å²) in [5.74, 6) is 0.0165. The van der Waals surface area contributed by atoms with Gasteiger partial charge in [-0.2, -0.15) is 0 Å². The molecule has 0 aliphatic rings. The van der Waals surface area contributed by atoms with Crippen LogP contribution >= 0.6 is 0 Å². The molecular formula is C13H21N3O. The van der Waals surface area contributed by atoms with E-state index < -0.39 is 0 Å². The summed E-state index contributed by atoms with van der Waals surface area (Å²) in [6.07, 6.45) is 0.946. The van der Waals surface area contributed by atoms with E-state index in [9.17, 15) is 4.79 Å². The zero-order valence-electron chi connectivity index (χ0n) is 11.0. The predicted molar refractivity (Wildman–Crippen MR) is 72.4 cm³/mol. The number of carbonyl (C=O) groups is 1. The highest BCUT2D eigenvalue weighted by atomic mass is 16.2. The highest BCUT2D eigenvalue weighted by Crippen LogP contribution is 2.22. The zero-order chi connectivity index (χ0) is 13.0. The SMILES string of the molecule is CCCN(C)C(=O)c1cc(N)ccc1N(C)C. The van der Waals surface area contributed by atoms with E-state index in [1.807, 2.05) is 38.2 Å². The highest BCUT2D eigenvalue weighted by Gasteiger charge is 2.16. The van der Waals surface area contributed by atoms with Crippen LogP contribution in [0.15, 0.2) is 18.2 Å². The predicted octanol–water partition coefficient (Wildman–Crippen LogP) is 1.82. The fourth-order valence-electron chi connectivity index (χ4n) is 1.76. The van der Waals surface area contributed by atoms with Crippen molar-refractivity contribution in [3.8, 4) is 0 Å². The molecule has 0 atom stereocenters. The summed E-state index contributed by atoms with van der Waals surface area (Å²) in [6.45, 7) is 2.80. The van der Waals surface area contributed by atoms with Gasteiger partial charge in [0.15, 0.2) is 0 Å². The van der Waals surface area contributed by atoms with Gasteiger partial charge in [0.05, 0.1) is 5.56 Å². The maximum absolute atomic E-state index is 12.3. The van der Waals surface area contributed by atoms with Gasteiger partial charge in [0, 0.05) is 39.1 Å². The Morgan fingerprint density at radius 1 is 1.29 bits per heavy atom. The number of hydrogen-bond donors (Lipinski definition) is 1. The van der Waals surface area contributed by atoms with Crippen LogP contribution < -0.4 is 10.6 Å². The molecular weight excluding hydrogens is 214 g/mol. The lowest BCUT2D eigenvalue weighted by molar-refractivity contribution is 0.0796. The molecule has 1 amide bonds. The summed E-state index contributed by atoms with van der Waals surface area (Å²) >= 11 is 0. The molecule has 0 bridgehead atoms. The number of nitrogen functional groups attached to an aromatic ring is 1. The topological polar surface area (TPSA) is 49.6 Å². The van der Waals surface area contributed by atoms with Crippen LogP contribution in [0.4, 0.5) is 11.4 Å². The monoisotopic (exact) mass is 235 g/mol. The molecule has 0 aromatic heterocycles. The first kappa shape index (κ1) is 13.4. The van der Waals surface area contributed by atoms with E-state index in [2.05, 4.69) is 6.92 Å². The summed E-state index contributed by atoms with van der Waals surface area (Å²) in [4.78, 5) is 15.9. The van der Waals surface area contributed by atoms with E-state index in [0.717, 1.165) is 18.7 Å². The third-order valence-corrected chi connectivity index (χ3v) is 2.64. The van der Waals surface area contributed by atoms with Crippen molar-refractivity contribution in [2.24, 2.45) is 0 Å². The van der Waals surface area contributed by atoms with Crippen LogP contribution in [0.3, 0.4) is 0 Å². The number of anilines is 2. The Labute approximate surface area is 103 Å². The molecule has 0 radical (unpaired) electrons. The van der Waals surface area contributed by atoms with E-state index in [0.29, 0.717) is 11.3 Å². The molecule has 94 valence electrons. The molecule has 1 aromatic rings. The minimum atomic E-state index is 0.0165. The molecule has 0 aliphatic carbocycles. The Hall–Kier alpha value is -1.71.